The molecular formula is C19H26N4O2S. The zero-order valence-electron chi connectivity index (χ0n) is 15.7. The molecule has 0 bridgehead atoms. The van der Waals surface area contributed by atoms with Crippen LogP contribution in [0.3, 0.4) is 0 Å². The van der Waals surface area contributed by atoms with Crippen molar-refractivity contribution < 1.29 is 9.59 Å². The SMILES string of the molecule is CCCNC(=O)[C@H](C)NC(=O)CSc1nccn1-c1cc(C)cc(C)c1. The van der Waals surface area contributed by atoms with E-state index in [9.17, 15) is 9.59 Å². The number of hydrogen-bond donors (Lipinski definition) is 2. The fourth-order valence-corrected chi connectivity index (χ4v) is 3.35. The van der Waals surface area contributed by atoms with Crippen LogP contribution >= 0.6 is 11.8 Å². The quantitative estimate of drug-likeness (QED) is 0.697. The zero-order valence-corrected chi connectivity index (χ0v) is 16.5. The maximum Gasteiger partial charge on any atom is 0.242 e. The molecule has 1 heterocycles. The minimum atomic E-state index is -0.547. The largest absolute Gasteiger partial charge is 0.354 e. The van der Waals surface area contributed by atoms with Gasteiger partial charge in [-0.2, -0.15) is 0 Å². The molecule has 140 valence electrons. The van der Waals surface area contributed by atoms with Gasteiger partial charge >= 0.3 is 0 Å². The first-order valence-corrected chi connectivity index (χ1v) is 9.71. The van der Waals surface area contributed by atoms with E-state index in [4.69, 9.17) is 0 Å². The summed E-state index contributed by atoms with van der Waals surface area (Å²) in [5, 5.41) is 6.23. The molecule has 1 aromatic heterocycles. The molecule has 2 rings (SSSR count). The lowest BCUT2D eigenvalue weighted by atomic mass is 10.1. The Kier molecular flexibility index (Phi) is 7.26. The predicted molar refractivity (Wildman–Crippen MR) is 105 cm³/mol. The number of carbonyl (C=O) groups is 2. The van der Waals surface area contributed by atoms with Gasteiger partial charge in [-0.15, -0.1) is 0 Å². The Morgan fingerprint density at radius 3 is 2.58 bits per heavy atom. The molecule has 0 aliphatic carbocycles. The molecule has 6 nitrogen and oxygen atoms in total. The highest BCUT2D eigenvalue weighted by Gasteiger charge is 2.16. The lowest BCUT2D eigenvalue weighted by Crippen LogP contribution is -2.45. The number of carbonyl (C=O) groups excluding carboxylic acids is 2. The summed E-state index contributed by atoms with van der Waals surface area (Å²) < 4.78 is 1.97. The molecule has 2 amide bonds. The minimum absolute atomic E-state index is 0.165. The van der Waals surface area contributed by atoms with Crippen LogP contribution in [0.25, 0.3) is 5.69 Å². The van der Waals surface area contributed by atoms with Crippen LogP contribution in [0.15, 0.2) is 35.7 Å². The highest BCUT2D eigenvalue weighted by Crippen LogP contribution is 2.22. The molecule has 1 atom stereocenters. The molecule has 0 aliphatic rings. The van der Waals surface area contributed by atoms with Crippen molar-refractivity contribution in [1.29, 1.82) is 0 Å². The van der Waals surface area contributed by atoms with Crippen molar-refractivity contribution in [2.24, 2.45) is 0 Å². The monoisotopic (exact) mass is 374 g/mol. The Balaban J connectivity index is 1.95. The van der Waals surface area contributed by atoms with E-state index >= 15 is 0 Å². The molecule has 0 saturated carbocycles. The van der Waals surface area contributed by atoms with Crippen LogP contribution in [0, 0.1) is 13.8 Å². The Morgan fingerprint density at radius 2 is 1.92 bits per heavy atom. The Labute approximate surface area is 158 Å². The first kappa shape index (κ1) is 20.0. The number of aromatic nitrogens is 2. The molecule has 0 fully saturated rings. The minimum Gasteiger partial charge on any atom is -0.354 e. The van der Waals surface area contributed by atoms with Gasteiger partial charge in [0.25, 0.3) is 0 Å². The summed E-state index contributed by atoms with van der Waals surface area (Å²) in [5.74, 6) is -0.154. The molecular weight excluding hydrogens is 348 g/mol. The van der Waals surface area contributed by atoms with E-state index in [0.717, 1.165) is 17.3 Å². The number of thioether (sulfide) groups is 1. The van der Waals surface area contributed by atoms with Crippen molar-refractivity contribution in [2.75, 3.05) is 12.3 Å². The van der Waals surface area contributed by atoms with E-state index in [1.807, 2.05) is 17.7 Å². The predicted octanol–water partition coefficient (Wildman–Crippen LogP) is 2.61. The van der Waals surface area contributed by atoms with Gasteiger partial charge in [-0.3, -0.25) is 14.2 Å². The second kappa shape index (κ2) is 9.43. The summed E-state index contributed by atoms with van der Waals surface area (Å²) in [5.41, 5.74) is 3.37. The molecule has 0 spiro atoms. The molecule has 26 heavy (non-hydrogen) atoms. The van der Waals surface area contributed by atoms with Crippen LogP contribution in [-0.4, -0.2) is 39.7 Å². The fourth-order valence-electron chi connectivity index (χ4n) is 2.56. The number of amides is 2. The topological polar surface area (TPSA) is 76.0 Å². The lowest BCUT2D eigenvalue weighted by Gasteiger charge is -2.14. The summed E-state index contributed by atoms with van der Waals surface area (Å²) in [4.78, 5) is 28.3. The summed E-state index contributed by atoms with van der Waals surface area (Å²) in [7, 11) is 0. The molecule has 2 N–H and O–H groups in total. The maximum atomic E-state index is 12.1. The number of imidazole rings is 1. The summed E-state index contributed by atoms with van der Waals surface area (Å²) >= 11 is 1.35. The molecule has 0 radical (unpaired) electrons. The van der Waals surface area contributed by atoms with Crippen LogP contribution in [0.1, 0.15) is 31.4 Å². The lowest BCUT2D eigenvalue weighted by molar-refractivity contribution is -0.127. The summed E-state index contributed by atoms with van der Waals surface area (Å²) in [6.07, 6.45) is 4.47. The normalized spacial score (nSPS) is 11.8. The van der Waals surface area contributed by atoms with Crippen LogP contribution in [0.5, 0.6) is 0 Å². The number of nitrogens with zero attached hydrogens (tertiary/aromatic N) is 2. The highest BCUT2D eigenvalue weighted by molar-refractivity contribution is 7.99. The highest BCUT2D eigenvalue weighted by atomic mass is 32.2. The number of rotatable bonds is 8. The third kappa shape index (κ3) is 5.62. The third-order valence-corrected chi connectivity index (χ3v) is 4.71. The molecule has 2 aromatic rings. The molecule has 0 unspecified atom stereocenters. The van der Waals surface area contributed by atoms with Gasteiger partial charge in [-0.1, -0.05) is 24.8 Å². The second-order valence-corrected chi connectivity index (χ2v) is 7.24. The zero-order chi connectivity index (χ0) is 19.1. The Bertz CT molecular complexity index is 752. The first-order valence-electron chi connectivity index (χ1n) is 8.72. The number of hydrogen-bond acceptors (Lipinski definition) is 4. The van der Waals surface area contributed by atoms with Crippen LogP contribution in [-0.2, 0) is 9.59 Å². The van der Waals surface area contributed by atoms with Gasteiger partial charge in [0.1, 0.15) is 6.04 Å². The van der Waals surface area contributed by atoms with Crippen LogP contribution in [0.4, 0.5) is 0 Å². The van der Waals surface area contributed by atoms with Gasteiger partial charge in [0.15, 0.2) is 5.16 Å². The van der Waals surface area contributed by atoms with Crippen molar-refractivity contribution >= 4 is 23.6 Å². The Morgan fingerprint density at radius 1 is 1.23 bits per heavy atom. The maximum absolute atomic E-state index is 12.1. The van der Waals surface area contributed by atoms with Gasteiger partial charge in [-0.05, 0) is 50.5 Å². The smallest absolute Gasteiger partial charge is 0.242 e. The van der Waals surface area contributed by atoms with Gasteiger partial charge in [0.2, 0.25) is 11.8 Å². The van der Waals surface area contributed by atoms with Crippen LogP contribution < -0.4 is 10.6 Å². The van der Waals surface area contributed by atoms with Gasteiger partial charge in [-0.25, -0.2) is 4.98 Å². The number of nitrogens with one attached hydrogen (secondary N) is 2. The van der Waals surface area contributed by atoms with Crippen molar-refractivity contribution in [3.8, 4) is 5.69 Å². The third-order valence-electron chi connectivity index (χ3n) is 3.74. The van der Waals surface area contributed by atoms with Gasteiger partial charge in [0, 0.05) is 24.6 Å². The van der Waals surface area contributed by atoms with Gasteiger partial charge in [0.05, 0.1) is 5.75 Å². The average Bonchev–Trinajstić information content (AvgIpc) is 3.05. The van der Waals surface area contributed by atoms with Crippen molar-refractivity contribution in [3.63, 3.8) is 0 Å². The van der Waals surface area contributed by atoms with E-state index in [1.165, 1.54) is 22.9 Å². The van der Waals surface area contributed by atoms with Crippen molar-refractivity contribution in [2.45, 2.75) is 45.3 Å². The van der Waals surface area contributed by atoms with Crippen LogP contribution in [0.2, 0.25) is 0 Å². The van der Waals surface area contributed by atoms with E-state index in [2.05, 4.69) is 47.7 Å². The van der Waals surface area contributed by atoms with E-state index in [-0.39, 0.29) is 17.6 Å². The van der Waals surface area contributed by atoms with Crippen molar-refractivity contribution in [3.05, 3.63) is 41.7 Å². The standard InChI is InChI=1S/C19H26N4O2S/c1-5-6-20-18(25)15(4)22-17(24)12-26-19-21-7-8-23(19)16-10-13(2)9-14(3)11-16/h7-11,15H,5-6,12H2,1-4H3,(H,20,25)(H,22,24)/t15-/m0/s1. The molecule has 1 aromatic carbocycles. The molecule has 0 aliphatic heterocycles. The molecule has 0 saturated heterocycles. The van der Waals surface area contributed by atoms with Crippen molar-refractivity contribution in [1.82, 2.24) is 20.2 Å². The Hall–Kier alpha value is -2.28. The average molecular weight is 375 g/mol. The van der Waals surface area contributed by atoms with E-state index < -0.39 is 6.04 Å². The number of aryl methyl sites for hydroxylation is 2. The number of benzene rings is 1. The van der Waals surface area contributed by atoms with E-state index in [1.54, 1.807) is 13.1 Å². The van der Waals surface area contributed by atoms with E-state index in [0.29, 0.717) is 6.54 Å². The second-order valence-electron chi connectivity index (χ2n) is 6.29. The summed E-state index contributed by atoms with van der Waals surface area (Å²) in [6.45, 7) is 8.39. The fraction of sp³-hybridized carbons (Fsp3) is 0.421. The summed E-state index contributed by atoms with van der Waals surface area (Å²) in [6, 6.07) is 5.73. The molecule has 7 heteroatoms. The first-order chi connectivity index (χ1) is 12.4. The van der Waals surface area contributed by atoms with Gasteiger partial charge < -0.3 is 10.6 Å².